The lowest BCUT2D eigenvalue weighted by Crippen LogP contribution is -2.33. The Balaban J connectivity index is 2.92. The molecule has 2 atom stereocenters. The van der Waals surface area contributed by atoms with Gasteiger partial charge in [0.2, 0.25) is 5.91 Å². The van der Waals surface area contributed by atoms with Gasteiger partial charge in [0.1, 0.15) is 0 Å². The van der Waals surface area contributed by atoms with Gasteiger partial charge in [0, 0.05) is 11.8 Å². The zero-order valence-corrected chi connectivity index (χ0v) is 13.7. The minimum Gasteiger partial charge on any atom is -0.493 e. The molecule has 118 valence electrons. The molecule has 0 aliphatic heterocycles. The monoisotopic (exact) mass is 322 g/mol. The number of nitrogens with zero attached hydrogens (tertiary/aromatic N) is 1. The number of methoxy groups -OCH3 is 2. The number of amides is 1. The summed E-state index contributed by atoms with van der Waals surface area (Å²) in [5.41, 5.74) is 0.424. The fraction of sp³-hybridized carbons (Fsp3) is 0.400. The Morgan fingerprint density at radius 2 is 1.91 bits per heavy atom. The van der Waals surface area contributed by atoms with Gasteiger partial charge in [0.05, 0.1) is 25.5 Å². The average Bonchev–Trinajstić information content (AvgIpc) is 2.54. The SMILES string of the molecule is COc1ccc(NC(=O)[C@@H](C#N)C(=O)[C@H](C)SC)cc1OC. The van der Waals surface area contributed by atoms with E-state index in [-0.39, 0.29) is 0 Å². The van der Waals surface area contributed by atoms with Gasteiger partial charge in [-0.15, -0.1) is 0 Å². The number of thioether (sulfide) groups is 1. The van der Waals surface area contributed by atoms with Crippen molar-refractivity contribution in [2.24, 2.45) is 5.92 Å². The zero-order chi connectivity index (χ0) is 16.7. The van der Waals surface area contributed by atoms with Gasteiger partial charge in [-0.3, -0.25) is 9.59 Å². The van der Waals surface area contributed by atoms with Crippen molar-refractivity contribution in [3.63, 3.8) is 0 Å². The summed E-state index contributed by atoms with van der Waals surface area (Å²) < 4.78 is 10.2. The van der Waals surface area contributed by atoms with Crippen LogP contribution in [0.15, 0.2) is 18.2 Å². The summed E-state index contributed by atoms with van der Waals surface area (Å²) >= 11 is 1.29. The highest BCUT2D eigenvalue weighted by Gasteiger charge is 2.30. The Kier molecular flexibility index (Phi) is 6.73. The maximum absolute atomic E-state index is 12.1. The van der Waals surface area contributed by atoms with Crippen LogP contribution in [0.5, 0.6) is 11.5 Å². The van der Waals surface area contributed by atoms with Gasteiger partial charge in [-0.1, -0.05) is 0 Å². The first-order valence-corrected chi connectivity index (χ1v) is 7.76. The Morgan fingerprint density at radius 1 is 1.27 bits per heavy atom. The number of anilines is 1. The lowest BCUT2D eigenvalue weighted by molar-refractivity contribution is -0.128. The molecule has 0 heterocycles. The van der Waals surface area contributed by atoms with Crippen molar-refractivity contribution in [3.8, 4) is 17.6 Å². The minimum absolute atomic E-state index is 0.409. The Bertz CT molecular complexity index is 598. The molecule has 1 rings (SSSR count). The van der Waals surface area contributed by atoms with Gasteiger partial charge in [-0.25, -0.2) is 0 Å². The molecule has 22 heavy (non-hydrogen) atoms. The number of rotatable bonds is 7. The van der Waals surface area contributed by atoms with Crippen LogP contribution in [-0.4, -0.2) is 37.4 Å². The standard InChI is InChI=1S/C15H18N2O4S/c1-9(22-4)14(18)11(8-16)15(19)17-10-5-6-12(20-2)13(7-10)21-3/h5-7,9,11H,1-4H3,(H,17,19)/t9-,11-/m0/s1. The quantitative estimate of drug-likeness (QED) is 0.773. The maximum atomic E-state index is 12.1. The number of carbonyl (C=O) groups is 2. The third-order valence-corrected chi connectivity index (χ3v) is 4.02. The molecule has 1 aromatic carbocycles. The van der Waals surface area contributed by atoms with Crippen LogP contribution in [0, 0.1) is 17.2 Å². The highest BCUT2D eigenvalue weighted by atomic mass is 32.2. The van der Waals surface area contributed by atoms with E-state index >= 15 is 0 Å². The van der Waals surface area contributed by atoms with E-state index < -0.39 is 22.9 Å². The predicted molar refractivity (Wildman–Crippen MR) is 85.3 cm³/mol. The highest BCUT2D eigenvalue weighted by molar-refractivity contribution is 7.99. The predicted octanol–water partition coefficient (Wildman–Crippen LogP) is 2.10. The molecule has 0 spiro atoms. The first kappa shape index (κ1) is 17.9. The zero-order valence-electron chi connectivity index (χ0n) is 12.9. The maximum Gasteiger partial charge on any atom is 0.249 e. The summed E-state index contributed by atoms with van der Waals surface area (Å²) in [4.78, 5) is 24.1. The van der Waals surface area contributed by atoms with Crippen LogP contribution in [0.3, 0.4) is 0 Å². The second-order valence-electron chi connectivity index (χ2n) is 4.40. The first-order valence-electron chi connectivity index (χ1n) is 6.47. The summed E-state index contributed by atoms with van der Waals surface area (Å²) in [6, 6.07) is 6.55. The third kappa shape index (κ3) is 4.15. The molecular formula is C15H18N2O4S. The van der Waals surface area contributed by atoms with E-state index in [4.69, 9.17) is 14.7 Å². The number of ketones is 1. The third-order valence-electron chi connectivity index (χ3n) is 3.08. The number of hydrogen-bond acceptors (Lipinski definition) is 6. The summed E-state index contributed by atoms with van der Waals surface area (Å²) in [5.74, 6) is -1.44. The number of nitrogens with one attached hydrogen (secondary N) is 1. The number of carbonyl (C=O) groups excluding carboxylic acids is 2. The van der Waals surface area contributed by atoms with Crippen molar-refractivity contribution in [1.29, 1.82) is 5.26 Å². The molecule has 0 bridgehead atoms. The molecule has 0 aromatic heterocycles. The molecule has 7 heteroatoms. The van der Waals surface area contributed by atoms with Crippen LogP contribution in [0.1, 0.15) is 6.92 Å². The van der Waals surface area contributed by atoms with Gasteiger partial charge < -0.3 is 14.8 Å². The van der Waals surface area contributed by atoms with Crippen LogP contribution in [-0.2, 0) is 9.59 Å². The van der Waals surface area contributed by atoms with E-state index in [1.165, 1.54) is 26.0 Å². The van der Waals surface area contributed by atoms with Crippen molar-refractivity contribution >= 4 is 29.1 Å². The van der Waals surface area contributed by atoms with Gasteiger partial charge in [0.15, 0.2) is 23.2 Å². The van der Waals surface area contributed by atoms with Gasteiger partial charge in [-0.2, -0.15) is 17.0 Å². The summed E-state index contributed by atoms with van der Waals surface area (Å²) in [7, 11) is 2.98. The topological polar surface area (TPSA) is 88.4 Å². The fourth-order valence-corrected chi connectivity index (χ4v) is 2.10. The molecule has 1 aromatic rings. The first-order chi connectivity index (χ1) is 10.5. The molecule has 0 unspecified atom stereocenters. The molecule has 0 fully saturated rings. The second-order valence-corrected chi connectivity index (χ2v) is 5.58. The molecule has 1 amide bonds. The van der Waals surface area contributed by atoms with Crippen molar-refractivity contribution in [2.45, 2.75) is 12.2 Å². The Hall–Kier alpha value is -2.20. The number of hydrogen-bond donors (Lipinski definition) is 1. The molecule has 0 radical (unpaired) electrons. The summed E-state index contributed by atoms with van der Waals surface area (Å²) in [6.45, 7) is 1.67. The largest absolute Gasteiger partial charge is 0.493 e. The fourth-order valence-electron chi connectivity index (χ4n) is 1.73. The lowest BCUT2D eigenvalue weighted by Gasteiger charge is -2.14. The van der Waals surface area contributed by atoms with E-state index in [0.717, 1.165) is 0 Å². The van der Waals surface area contributed by atoms with Crippen LogP contribution in [0.2, 0.25) is 0 Å². The minimum atomic E-state index is -1.34. The van der Waals surface area contributed by atoms with E-state index in [1.807, 2.05) is 0 Å². The molecule has 0 aliphatic carbocycles. The van der Waals surface area contributed by atoms with E-state index in [9.17, 15) is 9.59 Å². The van der Waals surface area contributed by atoms with Gasteiger partial charge in [-0.05, 0) is 25.3 Å². The van der Waals surface area contributed by atoms with E-state index in [0.29, 0.717) is 17.2 Å². The van der Waals surface area contributed by atoms with Crippen LogP contribution in [0.25, 0.3) is 0 Å². The molecule has 0 saturated carbocycles. The van der Waals surface area contributed by atoms with Crippen molar-refractivity contribution < 1.29 is 19.1 Å². The lowest BCUT2D eigenvalue weighted by atomic mass is 10.0. The molecule has 6 nitrogen and oxygen atoms in total. The van der Waals surface area contributed by atoms with Crippen molar-refractivity contribution in [1.82, 2.24) is 0 Å². The Morgan fingerprint density at radius 3 is 2.41 bits per heavy atom. The van der Waals surface area contributed by atoms with Gasteiger partial charge >= 0.3 is 0 Å². The summed E-state index contributed by atoms with van der Waals surface area (Å²) in [6.07, 6.45) is 1.75. The van der Waals surface area contributed by atoms with Crippen molar-refractivity contribution in [2.75, 3.05) is 25.8 Å². The van der Waals surface area contributed by atoms with E-state index in [2.05, 4.69) is 5.32 Å². The number of ether oxygens (including phenoxy) is 2. The normalized spacial score (nSPS) is 12.7. The smallest absolute Gasteiger partial charge is 0.249 e. The number of nitriles is 1. The van der Waals surface area contributed by atoms with Crippen LogP contribution < -0.4 is 14.8 Å². The Labute approximate surface area is 133 Å². The van der Waals surface area contributed by atoms with E-state index in [1.54, 1.807) is 37.4 Å². The molecular weight excluding hydrogens is 304 g/mol. The number of benzene rings is 1. The molecule has 0 aliphatic rings. The molecule has 1 N–H and O–H groups in total. The van der Waals surface area contributed by atoms with Crippen LogP contribution in [0.4, 0.5) is 5.69 Å². The summed E-state index contributed by atoms with van der Waals surface area (Å²) in [5, 5.41) is 11.2. The van der Waals surface area contributed by atoms with Crippen molar-refractivity contribution in [3.05, 3.63) is 18.2 Å². The molecule has 0 saturated heterocycles. The average molecular weight is 322 g/mol. The van der Waals surface area contributed by atoms with Crippen LogP contribution >= 0.6 is 11.8 Å². The van der Waals surface area contributed by atoms with Gasteiger partial charge in [0.25, 0.3) is 0 Å². The number of Topliss-reactive ketones (excluding diaryl/α,β-unsaturated/α-hetero) is 1. The highest BCUT2D eigenvalue weighted by Crippen LogP contribution is 2.30. The second kappa shape index (κ2) is 8.29.